The normalized spacial score (nSPS) is 16.5. The quantitative estimate of drug-likeness (QED) is 0.127. The molecule has 0 aliphatic heterocycles. The van der Waals surface area contributed by atoms with Gasteiger partial charge in [0.15, 0.2) is 0 Å². The van der Waals surface area contributed by atoms with Gasteiger partial charge in [0.25, 0.3) is 0 Å². The Balaban J connectivity index is 0.736. The number of rotatable bonds is 11. The summed E-state index contributed by atoms with van der Waals surface area (Å²) in [5, 5.41) is 0. The molecule has 0 bridgehead atoms. The summed E-state index contributed by atoms with van der Waals surface area (Å²) in [5.74, 6) is 0. The fourth-order valence-corrected chi connectivity index (χ4v) is 24.6. The topological polar surface area (TPSA) is 6.48 Å². The highest BCUT2D eigenvalue weighted by molar-refractivity contribution is 6.01. The molecule has 25 rings (SSSR count). The number of benzene rings is 18. The number of hydrogen-bond acceptors (Lipinski definition) is 2. The molecular weight excluding hydrogens is 1450 g/mol. The Morgan fingerprint density at radius 3 is 0.725 bits per heavy atom. The van der Waals surface area contributed by atoms with E-state index < -0.39 is 27.1 Å². The van der Waals surface area contributed by atoms with Gasteiger partial charge in [-0.3, -0.25) is 0 Å². The average molecular weight is 1530 g/mol. The van der Waals surface area contributed by atoms with Crippen LogP contribution >= 0.6 is 0 Å². The van der Waals surface area contributed by atoms with E-state index >= 15 is 0 Å². The van der Waals surface area contributed by atoms with Crippen molar-refractivity contribution in [2.75, 3.05) is 9.80 Å². The molecule has 18 aromatic carbocycles. The highest BCUT2D eigenvalue weighted by Gasteiger charge is 2.56. The third-order valence-corrected chi connectivity index (χ3v) is 29.0. The second-order valence-electron chi connectivity index (χ2n) is 35.1. The molecule has 564 valence electrons. The molecule has 0 heterocycles. The van der Waals surface area contributed by atoms with Gasteiger partial charge in [-0.05, 0) is 251 Å². The molecule has 1 atom stereocenters. The van der Waals surface area contributed by atoms with Gasteiger partial charge in [0.2, 0.25) is 0 Å². The van der Waals surface area contributed by atoms with Gasteiger partial charge in [0.1, 0.15) is 0 Å². The highest BCUT2D eigenvalue weighted by atomic mass is 15.2. The number of fused-ring (bicyclic) bond motifs is 27. The van der Waals surface area contributed by atoms with Gasteiger partial charge in [-0.2, -0.15) is 0 Å². The van der Waals surface area contributed by atoms with Crippen LogP contribution in [-0.4, -0.2) is 0 Å². The third kappa shape index (κ3) is 8.91. The standard InChI is InChI=1S/C118H82N2/c1-113(2)75-114(3,80-42-32-43-81(70-80)119(82-62-66-94-90-48-16-24-52-98(90)115(107(94)71-82,76-34-8-4-9-35-76)77-36-10-5-11-37-77)83-63-67-96-92-50-22-30-58-104(92)117(109(96)72-83)100-54-26-18-44-86(100)87-45-19-27-55-101(87)117)112-106(113)60-33-61-111(112)120(84-64-68-95-91-49-17-25-53-99(91)116(108(95)73-84,78-38-12-6-13-39-78)79-40-14-7-15-41-79)85-65-69-97-93-51-23-31-59-105(93)118(110(97)74-85)102-56-28-20-46-88(102)89-47-21-29-57-103(89)118/h4-74H,75H2,1-3H3. The van der Waals surface area contributed by atoms with Crippen molar-refractivity contribution in [1.29, 1.82) is 0 Å². The molecule has 7 aliphatic rings. The molecule has 0 N–H and O–H groups in total. The summed E-state index contributed by atoms with van der Waals surface area (Å²) in [4.78, 5) is 5.31. The highest BCUT2D eigenvalue weighted by Crippen LogP contribution is 2.68. The zero-order valence-electron chi connectivity index (χ0n) is 67.1. The molecule has 120 heavy (non-hydrogen) atoms. The molecule has 1 unspecified atom stereocenters. The van der Waals surface area contributed by atoms with Crippen molar-refractivity contribution < 1.29 is 0 Å². The van der Waals surface area contributed by atoms with Crippen molar-refractivity contribution in [3.63, 3.8) is 0 Å². The van der Waals surface area contributed by atoms with Crippen molar-refractivity contribution >= 4 is 34.1 Å². The number of anilines is 6. The largest absolute Gasteiger partial charge is 0.310 e. The van der Waals surface area contributed by atoms with Crippen LogP contribution in [0.4, 0.5) is 34.1 Å². The SMILES string of the molecule is CC1(C)CC(C)(c2cccc(N(c3ccc4c(c3)C(c3ccccc3)(c3ccccc3)c3ccccc3-4)c3ccc4c(c3)C3(c5ccccc5-c5ccccc53)c3ccccc3-4)c2)c2c(N(c3ccc4c(c3)C(c3ccccc3)(c3ccccc3)c3ccccc3-4)c3ccc4c(c3)C3(c5ccccc5-c5ccccc53)c3ccccc3-4)cccc21. The molecule has 2 nitrogen and oxygen atoms in total. The summed E-state index contributed by atoms with van der Waals surface area (Å²) in [5.41, 5.74) is 43.1. The lowest BCUT2D eigenvalue weighted by atomic mass is 9.67. The van der Waals surface area contributed by atoms with Crippen LogP contribution in [-0.2, 0) is 32.5 Å². The fraction of sp³-hybridized carbons (Fsp3) is 0.0847. The monoisotopic (exact) mass is 1530 g/mol. The Bertz CT molecular complexity index is 6920. The van der Waals surface area contributed by atoms with E-state index in [1.165, 1.54) is 172 Å². The first-order chi connectivity index (χ1) is 59.1. The number of nitrogens with zero attached hydrogens (tertiary/aromatic N) is 2. The Morgan fingerprint density at radius 2 is 0.408 bits per heavy atom. The maximum Gasteiger partial charge on any atom is 0.0726 e. The van der Waals surface area contributed by atoms with Crippen LogP contribution in [0.25, 0.3) is 66.8 Å². The molecular formula is C118H82N2. The van der Waals surface area contributed by atoms with Gasteiger partial charge >= 0.3 is 0 Å². The molecule has 0 saturated carbocycles. The zero-order valence-corrected chi connectivity index (χ0v) is 67.1. The summed E-state index contributed by atoms with van der Waals surface area (Å²) >= 11 is 0. The van der Waals surface area contributed by atoms with Crippen LogP contribution < -0.4 is 9.80 Å². The molecule has 7 aliphatic carbocycles. The maximum atomic E-state index is 2.69. The van der Waals surface area contributed by atoms with Gasteiger partial charge in [-0.25, -0.2) is 0 Å². The van der Waals surface area contributed by atoms with Crippen LogP contribution in [0.3, 0.4) is 0 Å². The van der Waals surface area contributed by atoms with Gasteiger partial charge in [-0.1, -0.05) is 385 Å². The molecule has 18 aromatic rings. The van der Waals surface area contributed by atoms with E-state index in [2.05, 4.69) is 461 Å². The van der Waals surface area contributed by atoms with Crippen LogP contribution in [0.15, 0.2) is 431 Å². The molecule has 0 fully saturated rings. The second-order valence-corrected chi connectivity index (χ2v) is 35.1. The van der Waals surface area contributed by atoms with Crippen molar-refractivity contribution in [2.45, 2.75) is 59.7 Å². The van der Waals surface area contributed by atoms with Gasteiger partial charge in [-0.15, -0.1) is 0 Å². The van der Waals surface area contributed by atoms with Crippen LogP contribution in [0.1, 0.15) is 133 Å². The first-order valence-corrected chi connectivity index (χ1v) is 42.6. The van der Waals surface area contributed by atoms with Crippen molar-refractivity contribution in [2.24, 2.45) is 0 Å². The van der Waals surface area contributed by atoms with Gasteiger partial charge in [0, 0.05) is 33.9 Å². The van der Waals surface area contributed by atoms with Crippen LogP contribution in [0.5, 0.6) is 0 Å². The Kier molecular flexibility index (Phi) is 14.5. The van der Waals surface area contributed by atoms with E-state index in [1.54, 1.807) is 0 Å². The average Bonchev–Trinajstić information content (AvgIpc) is 1.51. The lowest BCUT2D eigenvalue weighted by Crippen LogP contribution is -2.29. The lowest BCUT2D eigenvalue weighted by Gasteiger charge is -2.37. The van der Waals surface area contributed by atoms with Crippen molar-refractivity contribution in [3.05, 3.63) is 536 Å². The van der Waals surface area contributed by atoms with Gasteiger partial charge < -0.3 is 9.80 Å². The Labute approximate surface area is 702 Å². The van der Waals surface area contributed by atoms with Crippen LogP contribution in [0.2, 0.25) is 0 Å². The first-order valence-electron chi connectivity index (χ1n) is 42.6. The van der Waals surface area contributed by atoms with Gasteiger partial charge in [0.05, 0.1) is 27.3 Å². The van der Waals surface area contributed by atoms with E-state index in [-0.39, 0.29) is 5.41 Å². The van der Waals surface area contributed by atoms with E-state index in [4.69, 9.17) is 0 Å². The van der Waals surface area contributed by atoms with Crippen molar-refractivity contribution in [1.82, 2.24) is 0 Å². The zero-order chi connectivity index (χ0) is 79.4. The van der Waals surface area contributed by atoms with Crippen molar-refractivity contribution in [3.8, 4) is 66.8 Å². The molecule has 0 radical (unpaired) electrons. The first kappa shape index (κ1) is 68.8. The Hall–Kier alpha value is -14.4. The minimum Gasteiger partial charge on any atom is -0.310 e. The molecule has 0 saturated heterocycles. The minimum atomic E-state index is -0.651. The summed E-state index contributed by atoms with van der Waals surface area (Å²) in [6.07, 6.45) is 0.858. The van der Waals surface area contributed by atoms with E-state index in [9.17, 15) is 0 Å². The number of hydrogen-bond donors (Lipinski definition) is 0. The minimum absolute atomic E-state index is 0.276. The fourth-order valence-electron chi connectivity index (χ4n) is 24.6. The molecule has 0 amide bonds. The summed E-state index contributed by atoms with van der Waals surface area (Å²) in [6.45, 7) is 7.58. The van der Waals surface area contributed by atoms with E-state index in [1.807, 2.05) is 0 Å². The maximum absolute atomic E-state index is 2.69. The second kappa shape index (κ2) is 25.3. The smallest absolute Gasteiger partial charge is 0.0726 e. The summed E-state index contributed by atoms with van der Waals surface area (Å²) in [7, 11) is 0. The third-order valence-electron chi connectivity index (χ3n) is 29.0. The van der Waals surface area contributed by atoms with E-state index in [0.29, 0.717) is 0 Å². The predicted molar refractivity (Wildman–Crippen MR) is 494 cm³/mol. The summed E-state index contributed by atoms with van der Waals surface area (Å²) < 4.78 is 0. The molecule has 2 spiro atoms. The van der Waals surface area contributed by atoms with E-state index in [0.717, 1.165) is 40.5 Å². The van der Waals surface area contributed by atoms with Crippen LogP contribution in [0, 0.1) is 0 Å². The molecule has 2 heteroatoms. The summed E-state index contributed by atoms with van der Waals surface area (Å²) in [6, 6.07) is 166. The Morgan fingerprint density at radius 1 is 0.175 bits per heavy atom. The predicted octanol–water partition coefficient (Wildman–Crippen LogP) is 29.0. The molecule has 0 aromatic heterocycles. The lowest BCUT2D eigenvalue weighted by molar-refractivity contribution is 0.425.